The normalized spacial score (nSPS) is 12.3. The minimum absolute atomic E-state index is 0.263. The van der Waals surface area contributed by atoms with Gasteiger partial charge in [-0.1, -0.05) is 0 Å². The van der Waals surface area contributed by atoms with Crippen LogP contribution < -0.4 is 11.1 Å². The average molecular weight is 315 g/mol. The molecule has 0 heterocycles. The molecule has 0 atom stereocenters. The van der Waals surface area contributed by atoms with Gasteiger partial charge in [0, 0.05) is 15.7 Å². The summed E-state index contributed by atoms with van der Waals surface area (Å²) < 4.78 is 0.751. The third kappa shape index (κ3) is 3.23. The third-order valence-corrected chi connectivity index (χ3v) is 3.94. The zero-order valence-electron chi connectivity index (χ0n) is 11.0. The largest absolute Gasteiger partial charge is 0.398 e. The molecule has 0 radical (unpaired) electrons. The van der Waals surface area contributed by atoms with Crippen LogP contribution in [0.3, 0.4) is 0 Å². The number of hydrogen-bond donors (Lipinski definition) is 3. The second kappa shape index (κ2) is 4.90. The quantitative estimate of drug-likeness (QED) is 0.749. The molecule has 1 amide bonds. The SMILES string of the molecule is CC(C)(O)C(C)(C)NC(=O)c1ccc(Br)c(N)c1. The lowest BCUT2D eigenvalue weighted by molar-refractivity contribution is -0.00292. The Morgan fingerprint density at radius 1 is 1.33 bits per heavy atom. The number of benzene rings is 1. The minimum Gasteiger partial charge on any atom is -0.398 e. The van der Waals surface area contributed by atoms with E-state index in [1.807, 2.05) is 0 Å². The second-order valence-electron chi connectivity index (χ2n) is 5.37. The fraction of sp³-hybridized carbons (Fsp3) is 0.462. The first kappa shape index (κ1) is 15.0. The molecule has 0 saturated heterocycles. The molecule has 1 aromatic carbocycles. The van der Waals surface area contributed by atoms with Crippen molar-refractivity contribution in [3.8, 4) is 0 Å². The average Bonchev–Trinajstić information content (AvgIpc) is 2.19. The van der Waals surface area contributed by atoms with E-state index in [1.54, 1.807) is 45.9 Å². The van der Waals surface area contributed by atoms with Crippen LogP contribution in [0.25, 0.3) is 0 Å². The Morgan fingerprint density at radius 3 is 2.33 bits per heavy atom. The molecule has 0 unspecified atom stereocenters. The van der Waals surface area contributed by atoms with Crippen LogP contribution in [0, 0.1) is 0 Å². The molecule has 0 saturated carbocycles. The number of nitrogen functional groups attached to an aromatic ring is 1. The van der Waals surface area contributed by atoms with Gasteiger partial charge in [-0.3, -0.25) is 4.79 Å². The lowest BCUT2D eigenvalue weighted by Gasteiger charge is -2.38. The molecule has 18 heavy (non-hydrogen) atoms. The molecule has 0 spiro atoms. The Balaban J connectivity index is 2.93. The van der Waals surface area contributed by atoms with Gasteiger partial charge in [-0.15, -0.1) is 0 Å². The molecular weight excluding hydrogens is 296 g/mol. The van der Waals surface area contributed by atoms with Crippen molar-refractivity contribution in [1.82, 2.24) is 5.32 Å². The highest BCUT2D eigenvalue weighted by molar-refractivity contribution is 9.10. The zero-order chi connectivity index (χ0) is 14.1. The Kier molecular flexibility index (Phi) is 4.08. The van der Waals surface area contributed by atoms with Crippen molar-refractivity contribution in [2.75, 3.05) is 5.73 Å². The summed E-state index contributed by atoms with van der Waals surface area (Å²) in [4.78, 5) is 12.1. The van der Waals surface area contributed by atoms with Crippen molar-refractivity contribution in [2.24, 2.45) is 0 Å². The van der Waals surface area contributed by atoms with Gasteiger partial charge in [0.05, 0.1) is 11.1 Å². The van der Waals surface area contributed by atoms with E-state index in [1.165, 1.54) is 0 Å². The van der Waals surface area contributed by atoms with E-state index >= 15 is 0 Å². The molecule has 100 valence electrons. The monoisotopic (exact) mass is 314 g/mol. The van der Waals surface area contributed by atoms with E-state index < -0.39 is 11.1 Å². The Morgan fingerprint density at radius 2 is 1.89 bits per heavy atom. The summed E-state index contributed by atoms with van der Waals surface area (Å²) in [5.74, 6) is -0.263. The van der Waals surface area contributed by atoms with Crippen molar-refractivity contribution < 1.29 is 9.90 Å². The first-order valence-corrected chi connectivity index (χ1v) is 6.44. The van der Waals surface area contributed by atoms with Crippen LogP contribution in [-0.4, -0.2) is 22.2 Å². The number of carbonyl (C=O) groups excluding carboxylic acids is 1. The van der Waals surface area contributed by atoms with Gasteiger partial charge in [-0.2, -0.15) is 0 Å². The second-order valence-corrected chi connectivity index (χ2v) is 6.23. The summed E-state index contributed by atoms with van der Waals surface area (Å²) in [5.41, 5.74) is 4.93. The maximum Gasteiger partial charge on any atom is 0.251 e. The number of anilines is 1. The molecule has 0 aromatic heterocycles. The minimum atomic E-state index is -1.02. The summed E-state index contributed by atoms with van der Waals surface area (Å²) >= 11 is 3.27. The van der Waals surface area contributed by atoms with Crippen molar-refractivity contribution in [3.05, 3.63) is 28.2 Å². The van der Waals surface area contributed by atoms with E-state index in [2.05, 4.69) is 21.2 Å². The standard InChI is InChI=1S/C13H19BrN2O2/c1-12(2,13(3,4)18)16-11(17)8-5-6-9(14)10(15)7-8/h5-7,18H,15H2,1-4H3,(H,16,17). The van der Waals surface area contributed by atoms with Gasteiger partial charge in [0.1, 0.15) is 0 Å². The van der Waals surface area contributed by atoms with E-state index in [9.17, 15) is 9.90 Å². The molecular formula is C13H19BrN2O2. The van der Waals surface area contributed by atoms with Gasteiger partial charge >= 0.3 is 0 Å². The summed E-state index contributed by atoms with van der Waals surface area (Å²) in [6.07, 6.45) is 0. The van der Waals surface area contributed by atoms with Crippen molar-refractivity contribution in [1.29, 1.82) is 0 Å². The maximum atomic E-state index is 12.1. The molecule has 4 N–H and O–H groups in total. The molecule has 0 aliphatic rings. The Bertz CT molecular complexity index is 465. The summed E-state index contributed by atoms with van der Waals surface area (Å²) in [5, 5.41) is 12.8. The zero-order valence-corrected chi connectivity index (χ0v) is 12.6. The van der Waals surface area contributed by atoms with Gasteiger partial charge in [-0.25, -0.2) is 0 Å². The molecule has 1 rings (SSSR count). The van der Waals surface area contributed by atoms with Gasteiger partial charge in [-0.05, 0) is 61.8 Å². The van der Waals surface area contributed by atoms with Crippen LogP contribution in [0.1, 0.15) is 38.1 Å². The van der Waals surface area contributed by atoms with Crippen molar-refractivity contribution in [2.45, 2.75) is 38.8 Å². The van der Waals surface area contributed by atoms with Crippen LogP contribution in [0.5, 0.6) is 0 Å². The number of carbonyl (C=O) groups is 1. The fourth-order valence-corrected chi connectivity index (χ4v) is 1.44. The molecule has 4 nitrogen and oxygen atoms in total. The lowest BCUT2D eigenvalue weighted by atomic mass is 9.85. The van der Waals surface area contributed by atoms with E-state index in [0.717, 1.165) is 4.47 Å². The Hall–Kier alpha value is -1.07. The number of rotatable bonds is 3. The van der Waals surface area contributed by atoms with Crippen LogP contribution >= 0.6 is 15.9 Å². The molecule has 0 aliphatic carbocycles. The first-order chi connectivity index (χ1) is 8.04. The number of aliphatic hydroxyl groups is 1. The first-order valence-electron chi connectivity index (χ1n) is 5.64. The number of halogens is 1. The highest BCUT2D eigenvalue weighted by atomic mass is 79.9. The highest BCUT2D eigenvalue weighted by Crippen LogP contribution is 2.23. The van der Waals surface area contributed by atoms with E-state index in [-0.39, 0.29) is 5.91 Å². The summed E-state index contributed by atoms with van der Waals surface area (Å²) in [7, 11) is 0. The van der Waals surface area contributed by atoms with E-state index in [0.29, 0.717) is 11.3 Å². The molecule has 5 heteroatoms. The number of amides is 1. The molecule has 0 aliphatic heterocycles. The molecule has 0 fully saturated rings. The summed E-state index contributed by atoms with van der Waals surface area (Å²) in [6.45, 7) is 6.85. The van der Waals surface area contributed by atoms with Crippen LogP contribution in [-0.2, 0) is 0 Å². The third-order valence-electron chi connectivity index (χ3n) is 3.21. The number of nitrogens with two attached hydrogens (primary N) is 1. The van der Waals surface area contributed by atoms with Gasteiger partial charge in [0.2, 0.25) is 0 Å². The number of nitrogens with one attached hydrogen (secondary N) is 1. The molecule has 1 aromatic rings. The van der Waals surface area contributed by atoms with Crippen LogP contribution in [0.2, 0.25) is 0 Å². The fourth-order valence-electron chi connectivity index (χ4n) is 1.19. The van der Waals surface area contributed by atoms with Gasteiger partial charge in [0.15, 0.2) is 0 Å². The Labute approximate surface area is 116 Å². The predicted molar refractivity (Wildman–Crippen MR) is 76.4 cm³/mol. The predicted octanol–water partition coefficient (Wildman–Crippen LogP) is 2.31. The van der Waals surface area contributed by atoms with Crippen molar-refractivity contribution >= 4 is 27.5 Å². The highest BCUT2D eigenvalue weighted by Gasteiger charge is 2.36. The van der Waals surface area contributed by atoms with Gasteiger partial charge in [0.25, 0.3) is 5.91 Å². The summed E-state index contributed by atoms with van der Waals surface area (Å²) in [6, 6.07) is 5.00. The van der Waals surface area contributed by atoms with Crippen molar-refractivity contribution in [3.63, 3.8) is 0 Å². The molecule has 0 bridgehead atoms. The van der Waals surface area contributed by atoms with Crippen LogP contribution in [0.15, 0.2) is 22.7 Å². The maximum absolute atomic E-state index is 12.1. The number of hydrogen-bond acceptors (Lipinski definition) is 3. The topological polar surface area (TPSA) is 75.3 Å². The van der Waals surface area contributed by atoms with Crippen LogP contribution in [0.4, 0.5) is 5.69 Å². The van der Waals surface area contributed by atoms with E-state index in [4.69, 9.17) is 5.73 Å². The van der Waals surface area contributed by atoms with Gasteiger partial charge < -0.3 is 16.2 Å². The smallest absolute Gasteiger partial charge is 0.251 e. The lowest BCUT2D eigenvalue weighted by Crippen LogP contribution is -2.57.